The first-order chi connectivity index (χ1) is 9.41. The monoisotopic (exact) mass is 288 g/mol. The Morgan fingerprint density at radius 1 is 0.750 bits per heavy atom. The van der Waals surface area contributed by atoms with Gasteiger partial charge in [0.25, 0.3) is 0 Å². The van der Waals surface area contributed by atoms with Crippen LogP contribution in [0.15, 0.2) is 60.7 Å². The van der Waals surface area contributed by atoms with Crippen molar-refractivity contribution >= 4 is 8.80 Å². The van der Waals surface area contributed by atoms with E-state index in [0.717, 1.165) is 0 Å². The van der Waals surface area contributed by atoms with E-state index < -0.39 is 13.8 Å². The van der Waals surface area contributed by atoms with Crippen molar-refractivity contribution in [3.05, 3.63) is 60.7 Å². The third-order valence-electron chi connectivity index (χ3n) is 2.95. The third kappa shape index (κ3) is 3.40. The lowest BCUT2D eigenvalue weighted by Crippen LogP contribution is -2.56. The summed E-state index contributed by atoms with van der Waals surface area (Å²) in [5, 5.41) is -0.487. The molecular weight excluding hydrogens is 268 g/mol. The molecule has 0 bridgehead atoms. The normalized spacial score (nSPS) is 12.0. The highest BCUT2D eigenvalue weighted by molar-refractivity contribution is 6.64. The van der Waals surface area contributed by atoms with Gasteiger partial charge >= 0.3 is 8.80 Å². The maximum Gasteiger partial charge on any atom is 0.635 e. The van der Waals surface area contributed by atoms with Crippen molar-refractivity contribution in [2.24, 2.45) is 0 Å². The van der Waals surface area contributed by atoms with E-state index in [1.54, 1.807) is 0 Å². The molecule has 0 unspecified atom stereocenters. The summed E-state index contributed by atoms with van der Waals surface area (Å²) in [6.45, 7) is 5.77. The number of hydrogen-bond acceptors (Lipinski definition) is 3. The molecule has 0 atom stereocenters. The van der Waals surface area contributed by atoms with Gasteiger partial charge in [-0.3, -0.25) is 0 Å². The second-order valence-corrected chi connectivity index (χ2v) is 8.73. The Morgan fingerprint density at radius 3 is 1.40 bits per heavy atom. The van der Waals surface area contributed by atoms with Crippen molar-refractivity contribution in [1.82, 2.24) is 0 Å². The zero-order chi connectivity index (χ0) is 14.6. The molecule has 0 aliphatic carbocycles. The van der Waals surface area contributed by atoms with Gasteiger partial charge in [0.2, 0.25) is 0 Å². The lowest BCUT2D eigenvalue weighted by Gasteiger charge is -2.34. The topological polar surface area (TPSA) is 38.7 Å². The van der Waals surface area contributed by atoms with Crippen molar-refractivity contribution in [3.8, 4) is 11.5 Å². The van der Waals surface area contributed by atoms with Gasteiger partial charge in [-0.25, -0.2) is 0 Å². The van der Waals surface area contributed by atoms with Crippen molar-refractivity contribution < 1.29 is 13.6 Å². The van der Waals surface area contributed by atoms with Crippen LogP contribution in [0.4, 0.5) is 0 Å². The van der Waals surface area contributed by atoms with Crippen LogP contribution in [-0.4, -0.2) is 13.6 Å². The Bertz CT molecular complexity index is 493. The molecule has 20 heavy (non-hydrogen) atoms. The molecule has 0 aliphatic rings. The fraction of sp³-hybridized carbons (Fsp3) is 0.250. The van der Waals surface area contributed by atoms with E-state index in [1.165, 1.54) is 0 Å². The average molecular weight is 288 g/mol. The van der Waals surface area contributed by atoms with Crippen LogP contribution in [-0.2, 0) is 0 Å². The van der Waals surface area contributed by atoms with E-state index in [1.807, 2.05) is 81.4 Å². The first-order valence-corrected chi connectivity index (χ1v) is 8.38. The second kappa shape index (κ2) is 5.69. The van der Waals surface area contributed by atoms with Crippen LogP contribution in [0.1, 0.15) is 20.8 Å². The molecule has 1 N–H and O–H groups in total. The summed E-state index contributed by atoms with van der Waals surface area (Å²) in [4.78, 5) is 10.9. The zero-order valence-electron chi connectivity index (χ0n) is 12.0. The van der Waals surface area contributed by atoms with E-state index >= 15 is 0 Å². The van der Waals surface area contributed by atoms with Gasteiger partial charge in [0.05, 0.1) is 5.04 Å². The molecule has 0 fully saturated rings. The summed E-state index contributed by atoms with van der Waals surface area (Å²) in [6.07, 6.45) is 0. The molecule has 0 aromatic heterocycles. The summed E-state index contributed by atoms with van der Waals surface area (Å²) in [5.74, 6) is 1.24. The number of para-hydroxylation sites is 2. The van der Waals surface area contributed by atoms with E-state index in [-0.39, 0.29) is 0 Å². The molecule has 0 spiro atoms. The van der Waals surface area contributed by atoms with Crippen LogP contribution < -0.4 is 8.85 Å². The molecular formula is C16H20O3Si. The molecule has 0 aliphatic heterocycles. The van der Waals surface area contributed by atoms with E-state index in [2.05, 4.69) is 0 Å². The number of rotatable bonds is 4. The Hall–Kier alpha value is -1.78. The highest BCUT2D eigenvalue weighted by Crippen LogP contribution is 2.37. The van der Waals surface area contributed by atoms with Crippen LogP contribution in [0, 0.1) is 0 Å². The summed E-state index contributed by atoms with van der Waals surface area (Å²) < 4.78 is 11.7. The van der Waals surface area contributed by atoms with Gasteiger partial charge in [0, 0.05) is 0 Å². The summed E-state index contributed by atoms with van der Waals surface area (Å²) in [7, 11) is -3.43. The fourth-order valence-electron chi connectivity index (χ4n) is 1.62. The van der Waals surface area contributed by atoms with Gasteiger partial charge in [-0.2, -0.15) is 0 Å². The molecule has 2 aromatic rings. The molecule has 0 saturated heterocycles. The molecule has 2 aromatic carbocycles. The highest BCUT2D eigenvalue weighted by Gasteiger charge is 2.54. The molecule has 0 saturated carbocycles. The summed E-state index contributed by atoms with van der Waals surface area (Å²) in [5.41, 5.74) is 0. The average Bonchev–Trinajstić information content (AvgIpc) is 2.39. The lowest BCUT2D eigenvalue weighted by molar-refractivity contribution is 0.214. The Labute approximate surface area is 121 Å². The van der Waals surface area contributed by atoms with Crippen LogP contribution in [0.3, 0.4) is 0 Å². The van der Waals surface area contributed by atoms with Crippen molar-refractivity contribution in [2.45, 2.75) is 25.8 Å². The highest BCUT2D eigenvalue weighted by atomic mass is 28.4. The predicted octanol–water partition coefficient (Wildman–Crippen LogP) is 3.88. The zero-order valence-corrected chi connectivity index (χ0v) is 13.0. The minimum absolute atomic E-state index is 0.487. The van der Waals surface area contributed by atoms with Crippen molar-refractivity contribution in [2.75, 3.05) is 0 Å². The Morgan fingerprint density at radius 2 is 1.10 bits per heavy atom. The number of benzene rings is 2. The minimum Gasteiger partial charge on any atom is -0.492 e. The molecule has 106 valence electrons. The van der Waals surface area contributed by atoms with Crippen LogP contribution in [0.2, 0.25) is 5.04 Å². The van der Waals surface area contributed by atoms with Gasteiger partial charge < -0.3 is 13.6 Å². The third-order valence-corrected chi connectivity index (χ3v) is 5.87. The number of hydrogen-bond donors (Lipinski definition) is 1. The van der Waals surface area contributed by atoms with Gasteiger partial charge in [0.15, 0.2) is 0 Å². The Kier molecular flexibility index (Phi) is 4.16. The largest absolute Gasteiger partial charge is 0.635 e. The predicted molar refractivity (Wildman–Crippen MR) is 81.8 cm³/mol. The SMILES string of the molecule is CC(C)(C)[Si](O)(Oc1ccccc1)Oc1ccccc1. The van der Waals surface area contributed by atoms with Crippen molar-refractivity contribution in [3.63, 3.8) is 0 Å². The van der Waals surface area contributed by atoms with Gasteiger partial charge in [-0.05, 0) is 24.3 Å². The smallest absolute Gasteiger partial charge is 0.492 e. The van der Waals surface area contributed by atoms with E-state index in [4.69, 9.17) is 8.85 Å². The molecule has 0 heterocycles. The minimum atomic E-state index is -3.43. The van der Waals surface area contributed by atoms with Crippen LogP contribution in [0.5, 0.6) is 11.5 Å². The van der Waals surface area contributed by atoms with Gasteiger partial charge in [-0.1, -0.05) is 57.2 Å². The van der Waals surface area contributed by atoms with Crippen molar-refractivity contribution in [1.29, 1.82) is 0 Å². The molecule has 3 nitrogen and oxygen atoms in total. The maximum absolute atomic E-state index is 10.9. The molecule has 0 radical (unpaired) electrons. The quantitative estimate of drug-likeness (QED) is 0.868. The first kappa shape index (κ1) is 14.6. The maximum atomic E-state index is 10.9. The standard InChI is InChI=1S/C16H20O3Si/c1-16(2,3)20(17,18-14-10-6-4-7-11-14)19-15-12-8-5-9-13-15/h4-13,17H,1-3H3. The van der Waals surface area contributed by atoms with E-state index in [9.17, 15) is 4.80 Å². The second-order valence-electron chi connectivity index (χ2n) is 5.66. The summed E-state index contributed by atoms with van der Waals surface area (Å²) >= 11 is 0. The lowest BCUT2D eigenvalue weighted by atomic mass is 10.3. The van der Waals surface area contributed by atoms with E-state index in [0.29, 0.717) is 11.5 Å². The fourth-order valence-corrected chi connectivity index (χ4v) is 3.19. The van der Waals surface area contributed by atoms with Crippen LogP contribution in [0.25, 0.3) is 0 Å². The Balaban J connectivity index is 2.27. The van der Waals surface area contributed by atoms with Gasteiger partial charge in [0.1, 0.15) is 11.5 Å². The summed E-state index contributed by atoms with van der Waals surface area (Å²) in [6, 6.07) is 18.6. The molecule has 2 rings (SSSR count). The first-order valence-electron chi connectivity index (χ1n) is 6.61. The van der Waals surface area contributed by atoms with Crippen LogP contribution >= 0.6 is 0 Å². The molecule has 0 amide bonds. The van der Waals surface area contributed by atoms with Gasteiger partial charge in [-0.15, -0.1) is 0 Å². The molecule has 4 heteroatoms.